The first-order chi connectivity index (χ1) is 8.02. The lowest BCUT2D eigenvalue weighted by molar-refractivity contribution is -0.116. The van der Waals surface area contributed by atoms with E-state index in [0.29, 0.717) is 17.7 Å². The van der Waals surface area contributed by atoms with E-state index >= 15 is 0 Å². The molecule has 0 fully saturated rings. The molecule has 0 aliphatic carbocycles. The second-order valence-corrected chi connectivity index (χ2v) is 4.65. The zero-order valence-corrected chi connectivity index (χ0v) is 11.0. The van der Waals surface area contributed by atoms with Gasteiger partial charge in [-0.15, -0.1) is 0 Å². The quantitative estimate of drug-likeness (QED) is 0.896. The van der Waals surface area contributed by atoms with Crippen molar-refractivity contribution in [1.82, 2.24) is 0 Å². The summed E-state index contributed by atoms with van der Waals surface area (Å²) in [4.78, 5) is 11.5. The lowest BCUT2D eigenvalue weighted by Crippen LogP contribution is -2.14. The molecule has 1 aromatic carbocycles. The number of nitriles is 1. The molecule has 0 spiro atoms. The van der Waals surface area contributed by atoms with Gasteiger partial charge in [0.25, 0.3) is 0 Å². The van der Waals surface area contributed by atoms with Gasteiger partial charge in [-0.1, -0.05) is 15.9 Å². The van der Waals surface area contributed by atoms with Gasteiger partial charge in [0.2, 0.25) is 5.91 Å². The van der Waals surface area contributed by atoms with Crippen LogP contribution in [0.5, 0.6) is 0 Å². The molecule has 0 radical (unpaired) electrons. The summed E-state index contributed by atoms with van der Waals surface area (Å²) in [6.45, 7) is 1.63. The summed E-state index contributed by atoms with van der Waals surface area (Å²) < 4.78 is 0.794. The number of hydrogen-bond donors (Lipinski definition) is 2. The minimum Gasteiger partial charge on any atom is -0.393 e. The molecule has 0 saturated heterocycles. The fourth-order valence-corrected chi connectivity index (χ4v) is 1.63. The van der Waals surface area contributed by atoms with E-state index in [1.807, 2.05) is 6.07 Å². The van der Waals surface area contributed by atoms with Gasteiger partial charge in [0.1, 0.15) is 6.07 Å². The third kappa shape index (κ3) is 4.55. The van der Waals surface area contributed by atoms with Gasteiger partial charge in [0.15, 0.2) is 0 Å². The third-order valence-electron chi connectivity index (χ3n) is 2.17. The molecule has 0 bridgehead atoms. The Bertz CT molecular complexity index is 452. The second kappa shape index (κ2) is 6.38. The fourth-order valence-electron chi connectivity index (χ4n) is 1.27. The van der Waals surface area contributed by atoms with Crippen LogP contribution in [-0.4, -0.2) is 17.1 Å². The van der Waals surface area contributed by atoms with Crippen molar-refractivity contribution in [2.24, 2.45) is 0 Å². The lowest BCUT2D eigenvalue weighted by Gasteiger charge is -2.08. The SMILES string of the molecule is CC(O)CCC(=O)Nc1cc(Br)ccc1C#N. The zero-order chi connectivity index (χ0) is 12.8. The summed E-state index contributed by atoms with van der Waals surface area (Å²) in [5.74, 6) is -0.208. The molecular formula is C12H13BrN2O2. The number of nitrogens with one attached hydrogen (secondary N) is 1. The summed E-state index contributed by atoms with van der Waals surface area (Å²) in [7, 11) is 0. The van der Waals surface area contributed by atoms with Gasteiger partial charge in [-0.05, 0) is 31.5 Å². The highest BCUT2D eigenvalue weighted by atomic mass is 79.9. The molecule has 17 heavy (non-hydrogen) atoms. The summed E-state index contributed by atoms with van der Waals surface area (Å²) in [5.41, 5.74) is 0.899. The number of carbonyl (C=O) groups excluding carboxylic acids is 1. The van der Waals surface area contributed by atoms with E-state index in [9.17, 15) is 4.79 Å². The van der Waals surface area contributed by atoms with Crippen LogP contribution in [0.2, 0.25) is 0 Å². The van der Waals surface area contributed by atoms with E-state index in [1.165, 1.54) is 0 Å². The van der Waals surface area contributed by atoms with E-state index < -0.39 is 6.10 Å². The Labute approximate surface area is 108 Å². The predicted octanol–water partition coefficient (Wildman–Crippen LogP) is 2.42. The molecule has 0 aliphatic heterocycles. The summed E-state index contributed by atoms with van der Waals surface area (Å²) >= 11 is 3.28. The first-order valence-corrected chi connectivity index (χ1v) is 6.00. The molecule has 0 aliphatic rings. The van der Waals surface area contributed by atoms with Gasteiger partial charge in [-0.25, -0.2) is 0 Å². The number of aliphatic hydroxyl groups is 1. The van der Waals surface area contributed by atoms with Gasteiger partial charge >= 0.3 is 0 Å². The zero-order valence-electron chi connectivity index (χ0n) is 9.40. The Hall–Kier alpha value is -1.38. The maximum Gasteiger partial charge on any atom is 0.224 e. The molecule has 0 heterocycles. The van der Waals surface area contributed by atoms with E-state index in [-0.39, 0.29) is 12.3 Å². The standard InChI is InChI=1S/C12H13BrN2O2/c1-8(16)2-5-12(17)15-11-6-10(13)4-3-9(11)7-14/h3-4,6,8,16H,2,5H2,1H3,(H,15,17). The van der Waals surface area contributed by atoms with Gasteiger partial charge in [0.05, 0.1) is 17.4 Å². The third-order valence-corrected chi connectivity index (χ3v) is 2.66. The molecule has 4 nitrogen and oxygen atoms in total. The molecule has 5 heteroatoms. The Kier molecular flexibility index (Phi) is 5.13. The summed E-state index contributed by atoms with van der Waals surface area (Å²) in [6.07, 6.45) is 0.134. The van der Waals surface area contributed by atoms with Gasteiger partial charge in [-0.2, -0.15) is 5.26 Å². The molecule has 1 rings (SSSR count). The topological polar surface area (TPSA) is 73.1 Å². The Balaban J connectivity index is 2.71. The van der Waals surface area contributed by atoms with Crippen molar-refractivity contribution in [3.05, 3.63) is 28.2 Å². The van der Waals surface area contributed by atoms with Crippen molar-refractivity contribution in [2.75, 3.05) is 5.32 Å². The van der Waals surface area contributed by atoms with E-state index in [1.54, 1.807) is 25.1 Å². The summed E-state index contributed by atoms with van der Waals surface area (Å²) in [5, 5.41) is 20.6. The van der Waals surface area contributed by atoms with Crippen LogP contribution in [0.4, 0.5) is 5.69 Å². The van der Waals surface area contributed by atoms with Crippen LogP contribution in [0.1, 0.15) is 25.3 Å². The number of halogens is 1. The number of carbonyl (C=O) groups is 1. The molecule has 90 valence electrons. The van der Waals surface area contributed by atoms with Crippen molar-refractivity contribution in [1.29, 1.82) is 5.26 Å². The fraction of sp³-hybridized carbons (Fsp3) is 0.333. The first-order valence-electron chi connectivity index (χ1n) is 5.20. The Morgan fingerprint density at radius 3 is 2.94 bits per heavy atom. The molecule has 1 amide bonds. The molecule has 0 saturated carbocycles. The normalized spacial score (nSPS) is 11.6. The number of nitrogens with zero attached hydrogens (tertiary/aromatic N) is 1. The monoisotopic (exact) mass is 296 g/mol. The number of anilines is 1. The highest BCUT2D eigenvalue weighted by Crippen LogP contribution is 2.21. The maximum atomic E-state index is 11.5. The molecule has 1 unspecified atom stereocenters. The van der Waals surface area contributed by atoms with Crippen LogP contribution >= 0.6 is 15.9 Å². The van der Waals surface area contributed by atoms with Crippen LogP contribution in [0.15, 0.2) is 22.7 Å². The van der Waals surface area contributed by atoms with Crippen LogP contribution < -0.4 is 5.32 Å². The van der Waals surface area contributed by atoms with Gasteiger partial charge in [-0.3, -0.25) is 4.79 Å². The predicted molar refractivity (Wildman–Crippen MR) is 68.4 cm³/mol. The Morgan fingerprint density at radius 1 is 1.65 bits per heavy atom. The van der Waals surface area contributed by atoms with Crippen molar-refractivity contribution < 1.29 is 9.90 Å². The number of rotatable bonds is 4. The smallest absolute Gasteiger partial charge is 0.224 e. The van der Waals surface area contributed by atoms with Crippen LogP contribution in [0.25, 0.3) is 0 Å². The highest BCUT2D eigenvalue weighted by molar-refractivity contribution is 9.10. The van der Waals surface area contributed by atoms with E-state index in [2.05, 4.69) is 21.2 Å². The molecular weight excluding hydrogens is 284 g/mol. The number of aliphatic hydroxyl groups excluding tert-OH is 1. The van der Waals surface area contributed by atoms with Crippen LogP contribution in [0, 0.1) is 11.3 Å². The minimum atomic E-state index is -0.501. The van der Waals surface area contributed by atoms with Gasteiger partial charge in [0, 0.05) is 10.9 Å². The van der Waals surface area contributed by atoms with E-state index in [4.69, 9.17) is 10.4 Å². The first kappa shape index (κ1) is 13.7. The second-order valence-electron chi connectivity index (χ2n) is 3.74. The molecule has 0 aromatic heterocycles. The van der Waals surface area contributed by atoms with Crippen LogP contribution in [-0.2, 0) is 4.79 Å². The molecule has 1 atom stereocenters. The van der Waals surface area contributed by atoms with Crippen LogP contribution in [0.3, 0.4) is 0 Å². The number of amides is 1. The number of hydrogen-bond acceptors (Lipinski definition) is 3. The number of benzene rings is 1. The van der Waals surface area contributed by atoms with Gasteiger partial charge < -0.3 is 10.4 Å². The average molecular weight is 297 g/mol. The van der Waals surface area contributed by atoms with Crippen molar-refractivity contribution >= 4 is 27.5 Å². The van der Waals surface area contributed by atoms with Crippen molar-refractivity contribution in [2.45, 2.75) is 25.9 Å². The highest BCUT2D eigenvalue weighted by Gasteiger charge is 2.08. The largest absolute Gasteiger partial charge is 0.393 e. The minimum absolute atomic E-state index is 0.208. The average Bonchev–Trinajstić information content (AvgIpc) is 2.27. The lowest BCUT2D eigenvalue weighted by atomic mass is 10.1. The van der Waals surface area contributed by atoms with Crippen molar-refractivity contribution in [3.8, 4) is 6.07 Å². The van der Waals surface area contributed by atoms with Crippen molar-refractivity contribution in [3.63, 3.8) is 0 Å². The van der Waals surface area contributed by atoms with E-state index in [0.717, 1.165) is 4.47 Å². The Morgan fingerprint density at radius 2 is 2.35 bits per heavy atom. The maximum absolute atomic E-state index is 11.5. The molecule has 2 N–H and O–H groups in total. The molecule has 1 aromatic rings. The summed E-state index contributed by atoms with van der Waals surface area (Å²) in [6, 6.07) is 7.06.